The SMILES string of the molecule is C[C@@H]1CCC2[C@@H](C)[C@H](OC(CCC(=O)O)c3ccc(Cl)cc3)O[C@@H]3OC4(C)CC[C@@H]1C23OO4. The molecule has 182 valence electrons. The number of rotatable bonds is 6. The van der Waals surface area contributed by atoms with Gasteiger partial charge in [-0.3, -0.25) is 4.79 Å². The van der Waals surface area contributed by atoms with E-state index in [9.17, 15) is 9.90 Å². The van der Waals surface area contributed by atoms with Crippen LogP contribution in [0.5, 0.6) is 0 Å². The number of aliphatic carboxylic acids is 1. The van der Waals surface area contributed by atoms with Crippen molar-refractivity contribution in [2.45, 2.75) is 89.4 Å². The third-order valence-corrected chi connectivity index (χ3v) is 8.51. The molecule has 1 aromatic carbocycles. The Labute approximate surface area is 199 Å². The molecule has 5 fully saturated rings. The maximum Gasteiger partial charge on any atom is 0.303 e. The van der Waals surface area contributed by atoms with Crippen LogP contribution in [0.15, 0.2) is 24.3 Å². The topological polar surface area (TPSA) is 83.5 Å². The lowest BCUT2D eigenvalue weighted by Gasteiger charge is -2.60. The molecule has 7 nitrogen and oxygen atoms in total. The van der Waals surface area contributed by atoms with E-state index in [2.05, 4.69) is 13.8 Å². The maximum absolute atomic E-state index is 11.3. The summed E-state index contributed by atoms with van der Waals surface area (Å²) in [6.07, 6.45) is 2.56. The fourth-order valence-electron chi connectivity index (χ4n) is 6.43. The summed E-state index contributed by atoms with van der Waals surface area (Å²) in [5.74, 6) is -0.765. The van der Waals surface area contributed by atoms with E-state index >= 15 is 0 Å². The third-order valence-electron chi connectivity index (χ3n) is 8.26. The molecule has 8 heteroatoms. The van der Waals surface area contributed by atoms with Crippen molar-refractivity contribution in [3.05, 3.63) is 34.9 Å². The summed E-state index contributed by atoms with van der Waals surface area (Å²) in [5.41, 5.74) is 0.228. The lowest BCUT2D eigenvalue weighted by atomic mass is 9.58. The predicted octanol–water partition coefficient (Wildman–Crippen LogP) is 5.47. The Morgan fingerprint density at radius 3 is 2.67 bits per heavy atom. The van der Waals surface area contributed by atoms with Crippen molar-refractivity contribution in [1.29, 1.82) is 0 Å². The van der Waals surface area contributed by atoms with Crippen LogP contribution >= 0.6 is 11.6 Å². The van der Waals surface area contributed by atoms with E-state index in [4.69, 9.17) is 35.6 Å². The van der Waals surface area contributed by atoms with Gasteiger partial charge < -0.3 is 19.3 Å². The van der Waals surface area contributed by atoms with Crippen LogP contribution in [-0.2, 0) is 28.8 Å². The van der Waals surface area contributed by atoms with Crippen LogP contribution in [0.3, 0.4) is 0 Å². The summed E-state index contributed by atoms with van der Waals surface area (Å²) < 4.78 is 19.4. The molecule has 1 spiro atoms. The summed E-state index contributed by atoms with van der Waals surface area (Å²) in [6, 6.07) is 7.34. The first kappa shape index (κ1) is 23.5. The zero-order chi connectivity index (χ0) is 23.4. The average molecular weight is 481 g/mol. The van der Waals surface area contributed by atoms with Gasteiger partial charge in [0.05, 0.1) is 6.10 Å². The highest BCUT2D eigenvalue weighted by Gasteiger charge is 2.69. The minimum absolute atomic E-state index is 0.00367. The van der Waals surface area contributed by atoms with E-state index in [1.54, 1.807) is 12.1 Å². The molecule has 1 saturated carbocycles. The quantitative estimate of drug-likeness (QED) is 0.540. The second-order valence-corrected chi connectivity index (χ2v) is 10.8. The van der Waals surface area contributed by atoms with E-state index < -0.39 is 36.0 Å². The first-order valence-electron chi connectivity index (χ1n) is 12.0. The first-order chi connectivity index (χ1) is 15.7. The van der Waals surface area contributed by atoms with Crippen LogP contribution in [0.4, 0.5) is 0 Å². The van der Waals surface area contributed by atoms with Crippen molar-refractivity contribution < 1.29 is 33.9 Å². The Hall–Kier alpha value is -1.22. The largest absolute Gasteiger partial charge is 0.481 e. The van der Waals surface area contributed by atoms with Gasteiger partial charge in [0.2, 0.25) is 5.79 Å². The standard InChI is InChI=1S/C25H33ClO7/c1-14-4-9-19-15(2)22(29-20(10-11-21(27)28)16-5-7-17(26)8-6-16)30-23-25(19)18(14)12-13-24(3,31-23)32-33-25/h5-8,14-15,18-20,22-23H,4,9-13H2,1-3H3,(H,27,28)/t14-,15-,18+,19?,20?,22-,23-,24?,25?/m1/s1. The number of ether oxygens (including phenoxy) is 3. The van der Waals surface area contributed by atoms with Gasteiger partial charge in [0, 0.05) is 29.7 Å². The zero-order valence-corrected chi connectivity index (χ0v) is 20.1. The lowest BCUT2D eigenvalue weighted by molar-refractivity contribution is -0.578. The number of carboxylic acid groups (broad SMARTS) is 1. The predicted molar refractivity (Wildman–Crippen MR) is 119 cm³/mol. The molecule has 1 aliphatic carbocycles. The van der Waals surface area contributed by atoms with Crippen molar-refractivity contribution >= 4 is 17.6 Å². The van der Waals surface area contributed by atoms with Gasteiger partial charge in [0.15, 0.2) is 18.2 Å². The van der Waals surface area contributed by atoms with Gasteiger partial charge in [-0.05, 0) is 62.1 Å². The van der Waals surface area contributed by atoms with E-state index in [0.29, 0.717) is 17.4 Å². The molecule has 0 radical (unpaired) electrons. The van der Waals surface area contributed by atoms with Crippen LogP contribution in [0.25, 0.3) is 0 Å². The molecule has 2 bridgehead atoms. The molecule has 4 saturated heterocycles. The zero-order valence-electron chi connectivity index (χ0n) is 19.4. The highest BCUT2D eigenvalue weighted by molar-refractivity contribution is 6.30. The molecule has 1 aromatic rings. The van der Waals surface area contributed by atoms with Crippen molar-refractivity contribution in [3.8, 4) is 0 Å². The highest BCUT2D eigenvalue weighted by atomic mass is 35.5. The average Bonchev–Trinajstić information content (AvgIpc) is 3.01. The second-order valence-electron chi connectivity index (χ2n) is 10.4. The number of halogens is 1. The Kier molecular flexibility index (Phi) is 6.25. The number of hydrogen-bond donors (Lipinski definition) is 1. The van der Waals surface area contributed by atoms with Crippen molar-refractivity contribution in [2.24, 2.45) is 23.7 Å². The maximum atomic E-state index is 11.3. The van der Waals surface area contributed by atoms with Crippen LogP contribution in [-0.4, -0.2) is 35.0 Å². The van der Waals surface area contributed by atoms with Gasteiger partial charge in [0.25, 0.3) is 0 Å². The molecule has 4 unspecified atom stereocenters. The minimum atomic E-state index is -0.860. The Morgan fingerprint density at radius 2 is 1.94 bits per heavy atom. The molecular weight excluding hydrogens is 448 g/mol. The molecule has 0 aromatic heterocycles. The number of fused-ring (bicyclic) bond motifs is 2. The Balaban J connectivity index is 1.43. The van der Waals surface area contributed by atoms with Gasteiger partial charge in [-0.2, -0.15) is 0 Å². The van der Waals surface area contributed by atoms with E-state index in [1.165, 1.54) is 0 Å². The van der Waals surface area contributed by atoms with Crippen molar-refractivity contribution in [2.75, 3.05) is 0 Å². The Morgan fingerprint density at radius 1 is 1.18 bits per heavy atom. The molecule has 6 rings (SSSR count). The molecule has 4 heterocycles. The van der Waals surface area contributed by atoms with E-state index in [-0.39, 0.29) is 24.2 Å². The first-order valence-corrected chi connectivity index (χ1v) is 12.4. The fraction of sp³-hybridized carbons (Fsp3) is 0.720. The molecule has 9 atom stereocenters. The number of hydrogen-bond acceptors (Lipinski definition) is 6. The normalized spacial score (nSPS) is 42.9. The molecule has 4 aliphatic heterocycles. The minimum Gasteiger partial charge on any atom is -0.481 e. The van der Waals surface area contributed by atoms with Gasteiger partial charge >= 0.3 is 5.97 Å². The van der Waals surface area contributed by atoms with Crippen LogP contribution in [0.1, 0.15) is 71.0 Å². The number of carboxylic acids is 1. The number of benzene rings is 1. The van der Waals surface area contributed by atoms with Gasteiger partial charge in [-0.15, -0.1) is 0 Å². The van der Waals surface area contributed by atoms with E-state index in [1.807, 2.05) is 19.1 Å². The monoisotopic (exact) mass is 480 g/mol. The molecule has 5 aliphatic rings. The van der Waals surface area contributed by atoms with Crippen LogP contribution < -0.4 is 0 Å². The van der Waals surface area contributed by atoms with Crippen LogP contribution in [0.2, 0.25) is 5.02 Å². The van der Waals surface area contributed by atoms with Crippen molar-refractivity contribution in [3.63, 3.8) is 0 Å². The third kappa shape index (κ3) is 4.11. The second kappa shape index (κ2) is 8.77. The Bertz CT molecular complexity index is 878. The molecule has 1 N–H and O–H groups in total. The lowest BCUT2D eigenvalue weighted by Crippen LogP contribution is -2.70. The summed E-state index contributed by atoms with van der Waals surface area (Å²) in [4.78, 5) is 23.4. The van der Waals surface area contributed by atoms with Gasteiger partial charge in [-0.25, -0.2) is 9.78 Å². The summed E-state index contributed by atoms with van der Waals surface area (Å²) in [7, 11) is 0. The smallest absolute Gasteiger partial charge is 0.303 e. The van der Waals surface area contributed by atoms with Gasteiger partial charge in [-0.1, -0.05) is 37.6 Å². The molecular formula is C25H33ClO7. The van der Waals surface area contributed by atoms with Crippen LogP contribution in [0, 0.1) is 23.7 Å². The molecule has 0 amide bonds. The van der Waals surface area contributed by atoms with Crippen molar-refractivity contribution in [1.82, 2.24) is 0 Å². The number of carbonyl (C=O) groups is 1. The summed E-state index contributed by atoms with van der Waals surface area (Å²) >= 11 is 6.07. The van der Waals surface area contributed by atoms with E-state index in [0.717, 1.165) is 31.2 Å². The molecule has 33 heavy (non-hydrogen) atoms. The van der Waals surface area contributed by atoms with Gasteiger partial charge in [0.1, 0.15) is 0 Å². The summed E-state index contributed by atoms with van der Waals surface area (Å²) in [6.45, 7) is 6.32. The highest BCUT2D eigenvalue weighted by Crippen LogP contribution is 2.60. The summed E-state index contributed by atoms with van der Waals surface area (Å²) in [5, 5.41) is 9.90. The fourth-order valence-corrected chi connectivity index (χ4v) is 6.56.